The van der Waals surface area contributed by atoms with Gasteiger partial charge in [-0.05, 0) is 43.9 Å². The minimum absolute atomic E-state index is 0.263. The average Bonchev–Trinajstić information content (AvgIpc) is 3.19. The molecular weight excluding hydrogens is 217 g/mol. The van der Waals surface area contributed by atoms with Crippen LogP contribution in [0.15, 0.2) is 6.33 Å². The summed E-state index contributed by atoms with van der Waals surface area (Å²) in [5.74, 6) is 1.62. The summed E-state index contributed by atoms with van der Waals surface area (Å²) in [6.45, 7) is 1.91. The molecule has 0 unspecified atom stereocenters. The van der Waals surface area contributed by atoms with Crippen LogP contribution in [0.5, 0.6) is 0 Å². The molecule has 0 radical (unpaired) electrons. The molecule has 2 saturated carbocycles. The van der Waals surface area contributed by atoms with E-state index in [2.05, 4.69) is 15.3 Å². The Hall–Kier alpha value is -1.19. The Morgan fingerprint density at radius 1 is 1.29 bits per heavy atom. The van der Waals surface area contributed by atoms with Crippen LogP contribution in [0.4, 0.5) is 10.2 Å². The average molecular weight is 235 g/mol. The highest BCUT2D eigenvalue weighted by molar-refractivity contribution is 5.39. The van der Waals surface area contributed by atoms with Gasteiger partial charge in [-0.25, -0.2) is 14.4 Å². The number of halogens is 1. The zero-order valence-electron chi connectivity index (χ0n) is 10.1. The van der Waals surface area contributed by atoms with E-state index in [1.807, 2.05) is 6.92 Å². The molecule has 17 heavy (non-hydrogen) atoms. The van der Waals surface area contributed by atoms with Crippen molar-refractivity contribution in [2.45, 2.75) is 45.1 Å². The summed E-state index contributed by atoms with van der Waals surface area (Å²) in [4.78, 5) is 8.01. The summed E-state index contributed by atoms with van der Waals surface area (Å²) in [6, 6.07) is 0.434. The van der Waals surface area contributed by atoms with E-state index in [1.165, 1.54) is 32.0 Å². The third-order valence-corrected chi connectivity index (χ3v) is 3.76. The lowest BCUT2D eigenvalue weighted by Crippen LogP contribution is -2.25. The van der Waals surface area contributed by atoms with E-state index in [4.69, 9.17) is 0 Å². The summed E-state index contributed by atoms with van der Waals surface area (Å²) in [5.41, 5.74) is 0.507. The van der Waals surface area contributed by atoms with Crippen LogP contribution in [-0.4, -0.2) is 16.0 Å². The Morgan fingerprint density at radius 2 is 1.94 bits per heavy atom. The van der Waals surface area contributed by atoms with Crippen molar-refractivity contribution in [1.29, 1.82) is 0 Å². The van der Waals surface area contributed by atoms with Crippen LogP contribution in [0.25, 0.3) is 0 Å². The zero-order chi connectivity index (χ0) is 11.8. The van der Waals surface area contributed by atoms with Crippen LogP contribution in [-0.2, 0) is 6.42 Å². The highest BCUT2D eigenvalue weighted by Crippen LogP contribution is 2.45. The van der Waals surface area contributed by atoms with Crippen LogP contribution >= 0.6 is 0 Å². The van der Waals surface area contributed by atoms with Gasteiger partial charge >= 0.3 is 0 Å². The lowest BCUT2D eigenvalue weighted by atomic mass is 10.1. The Bertz CT molecular complexity index is 401. The van der Waals surface area contributed by atoms with E-state index >= 15 is 0 Å². The second kappa shape index (κ2) is 4.24. The van der Waals surface area contributed by atoms with E-state index in [0.29, 0.717) is 24.0 Å². The lowest BCUT2D eigenvalue weighted by Gasteiger charge is -2.18. The Labute approximate surface area is 101 Å². The maximum absolute atomic E-state index is 14.0. The van der Waals surface area contributed by atoms with Gasteiger partial charge in [0, 0.05) is 6.04 Å². The molecule has 0 spiro atoms. The highest BCUT2D eigenvalue weighted by Gasteiger charge is 2.41. The predicted molar refractivity (Wildman–Crippen MR) is 64.2 cm³/mol. The molecule has 1 N–H and O–H groups in total. The van der Waals surface area contributed by atoms with Crippen molar-refractivity contribution in [2.75, 3.05) is 5.32 Å². The molecule has 1 aromatic heterocycles. The molecule has 3 nitrogen and oxygen atoms in total. The summed E-state index contributed by atoms with van der Waals surface area (Å²) in [7, 11) is 0. The zero-order valence-corrected chi connectivity index (χ0v) is 10.1. The van der Waals surface area contributed by atoms with Gasteiger partial charge < -0.3 is 5.32 Å². The van der Waals surface area contributed by atoms with Gasteiger partial charge in [-0.3, -0.25) is 0 Å². The maximum atomic E-state index is 14.0. The maximum Gasteiger partial charge on any atom is 0.186 e. The molecule has 2 fully saturated rings. The number of aryl methyl sites for hydroxylation is 1. The van der Waals surface area contributed by atoms with Gasteiger partial charge in [0.25, 0.3) is 0 Å². The van der Waals surface area contributed by atoms with Crippen molar-refractivity contribution in [3.8, 4) is 0 Å². The number of nitrogens with zero attached hydrogens (tertiary/aromatic N) is 2. The topological polar surface area (TPSA) is 37.8 Å². The summed E-state index contributed by atoms with van der Waals surface area (Å²) >= 11 is 0. The molecular formula is C13H18FN3. The fourth-order valence-corrected chi connectivity index (χ4v) is 2.44. The van der Waals surface area contributed by atoms with Gasteiger partial charge in [-0.1, -0.05) is 6.92 Å². The third kappa shape index (κ3) is 2.26. The molecule has 1 heterocycles. The van der Waals surface area contributed by atoms with Gasteiger partial charge in [-0.2, -0.15) is 0 Å². The molecule has 2 aliphatic carbocycles. The SMILES string of the molecule is CCc1ncnc(NC(C2CC2)C2CC2)c1F. The molecule has 0 saturated heterocycles. The van der Waals surface area contributed by atoms with E-state index in [-0.39, 0.29) is 5.82 Å². The molecule has 3 rings (SSSR count). The molecule has 1 aromatic rings. The molecule has 0 aromatic carbocycles. The van der Waals surface area contributed by atoms with Gasteiger partial charge in [0.05, 0.1) is 5.69 Å². The molecule has 0 atom stereocenters. The van der Waals surface area contributed by atoms with Gasteiger partial charge in [0.15, 0.2) is 11.6 Å². The summed E-state index contributed by atoms with van der Waals surface area (Å²) in [6.07, 6.45) is 7.19. The van der Waals surface area contributed by atoms with Crippen LogP contribution < -0.4 is 5.32 Å². The Balaban J connectivity index is 1.78. The van der Waals surface area contributed by atoms with E-state index in [9.17, 15) is 4.39 Å². The summed E-state index contributed by atoms with van der Waals surface area (Å²) in [5, 5.41) is 3.32. The van der Waals surface area contributed by atoms with Gasteiger partial charge in [-0.15, -0.1) is 0 Å². The first kappa shape index (κ1) is 10.9. The number of hydrogen-bond acceptors (Lipinski definition) is 3. The van der Waals surface area contributed by atoms with Gasteiger partial charge in [0.1, 0.15) is 6.33 Å². The van der Waals surface area contributed by atoms with Crippen molar-refractivity contribution in [3.05, 3.63) is 17.8 Å². The first-order chi connectivity index (χ1) is 8.29. The number of aromatic nitrogens is 2. The van der Waals surface area contributed by atoms with Crippen LogP contribution in [0.3, 0.4) is 0 Å². The first-order valence-corrected chi connectivity index (χ1v) is 6.55. The molecule has 2 aliphatic rings. The number of hydrogen-bond donors (Lipinski definition) is 1. The van der Waals surface area contributed by atoms with E-state index < -0.39 is 0 Å². The molecule has 4 heteroatoms. The minimum atomic E-state index is -0.263. The lowest BCUT2D eigenvalue weighted by molar-refractivity contribution is 0.547. The predicted octanol–water partition coefficient (Wildman–Crippen LogP) is 2.78. The molecule has 0 amide bonds. The van der Waals surface area contributed by atoms with Crippen molar-refractivity contribution in [3.63, 3.8) is 0 Å². The largest absolute Gasteiger partial charge is 0.364 e. The standard InChI is InChI=1S/C13H18FN3/c1-2-10-11(14)13(16-7-15-10)17-12(8-3-4-8)9-5-6-9/h7-9,12H,2-6H2,1H3,(H,15,16,17). The minimum Gasteiger partial charge on any atom is -0.364 e. The summed E-state index contributed by atoms with van der Waals surface area (Å²) < 4.78 is 14.0. The van der Waals surface area contributed by atoms with Crippen LogP contribution in [0, 0.1) is 17.7 Å². The highest BCUT2D eigenvalue weighted by atomic mass is 19.1. The first-order valence-electron chi connectivity index (χ1n) is 6.55. The fourth-order valence-electron chi connectivity index (χ4n) is 2.44. The Kier molecular flexibility index (Phi) is 2.73. The molecule has 0 aliphatic heterocycles. The third-order valence-electron chi connectivity index (χ3n) is 3.76. The van der Waals surface area contributed by atoms with Crippen molar-refractivity contribution in [2.24, 2.45) is 11.8 Å². The van der Waals surface area contributed by atoms with Crippen molar-refractivity contribution >= 4 is 5.82 Å². The smallest absolute Gasteiger partial charge is 0.186 e. The van der Waals surface area contributed by atoms with Crippen molar-refractivity contribution in [1.82, 2.24) is 9.97 Å². The normalized spacial score (nSPS) is 19.7. The fraction of sp³-hybridized carbons (Fsp3) is 0.692. The number of nitrogens with one attached hydrogen (secondary N) is 1. The quantitative estimate of drug-likeness (QED) is 0.852. The Morgan fingerprint density at radius 3 is 2.47 bits per heavy atom. The number of rotatable bonds is 5. The monoisotopic (exact) mass is 235 g/mol. The second-order valence-electron chi connectivity index (χ2n) is 5.18. The van der Waals surface area contributed by atoms with Gasteiger partial charge in [0.2, 0.25) is 0 Å². The van der Waals surface area contributed by atoms with Crippen molar-refractivity contribution < 1.29 is 4.39 Å². The van der Waals surface area contributed by atoms with Crippen LogP contribution in [0.1, 0.15) is 38.3 Å². The van der Waals surface area contributed by atoms with E-state index in [0.717, 1.165) is 11.8 Å². The molecule has 92 valence electrons. The number of anilines is 1. The van der Waals surface area contributed by atoms with Crippen LogP contribution in [0.2, 0.25) is 0 Å². The molecule has 0 bridgehead atoms. The van der Waals surface area contributed by atoms with E-state index in [1.54, 1.807) is 0 Å². The second-order valence-corrected chi connectivity index (χ2v) is 5.18.